The van der Waals surface area contributed by atoms with Crippen molar-refractivity contribution in [3.8, 4) is 5.75 Å². The van der Waals surface area contributed by atoms with Gasteiger partial charge in [0.25, 0.3) is 5.91 Å². The van der Waals surface area contributed by atoms with E-state index < -0.39 is 0 Å². The fourth-order valence-corrected chi connectivity index (χ4v) is 3.09. The molecule has 3 rings (SSSR count). The first-order valence-corrected chi connectivity index (χ1v) is 9.36. The van der Waals surface area contributed by atoms with E-state index >= 15 is 0 Å². The third-order valence-corrected chi connectivity index (χ3v) is 4.73. The quantitative estimate of drug-likeness (QED) is 0.802. The van der Waals surface area contributed by atoms with Gasteiger partial charge < -0.3 is 20.3 Å². The number of ether oxygens (including phenoxy) is 1. The van der Waals surface area contributed by atoms with Crippen molar-refractivity contribution >= 4 is 17.6 Å². The predicted octanol–water partition coefficient (Wildman–Crippen LogP) is 3.26. The van der Waals surface area contributed by atoms with Crippen molar-refractivity contribution in [2.24, 2.45) is 5.92 Å². The Kier molecular flexibility index (Phi) is 6.84. The summed E-state index contributed by atoms with van der Waals surface area (Å²) in [5.41, 5.74) is 0.540. The first kappa shape index (κ1) is 19.7. The van der Waals surface area contributed by atoms with Crippen LogP contribution in [0.2, 0.25) is 0 Å². The fourth-order valence-electron chi connectivity index (χ4n) is 3.09. The second-order valence-corrected chi connectivity index (χ2v) is 6.77. The van der Waals surface area contributed by atoms with Gasteiger partial charge in [0.2, 0.25) is 0 Å². The van der Waals surface area contributed by atoms with E-state index in [4.69, 9.17) is 4.74 Å². The number of halogens is 1. The molecule has 1 saturated heterocycles. The first-order valence-electron chi connectivity index (χ1n) is 9.36. The van der Waals surface area contributed by atoms with Gasteiger partial charge in [-0.1, -0.05) is 18.2 Å². The molecule has 6 nitrogen and oxygen atoms in total. The average Bonchev–Trinajstić information content (AvgIpc) is 2.73. The van der Waals surface area contributed by atoms with Crippen molar-refractivity contribution in [2.75, 3.05) is 31.6 Å². The molecule has 1 fully saturated rings. The molecule has 0 aromatic heterocycles. The smallest absolute Gasteiger partial charge is 0.319 e. The Labute approximate surface area is 163 Å². The van der Waals surface area contributed by atoms with E-state index in [-0.39, 0.29) is 24.4 Å². The number of piperidine rings is 1. The lowest BCUT2D eigenvalue weighted by molar-refractivity contribution is -0.134. The van der Waals surface area contributed by atoms with Gasteiger partial charge in [0.1, 0.15) is 11.6 Å². The van der Waals surface area contributed by atoms with Crippen LogP contribution in [0.1, 0.15) is 12.8 Å². The molecule has 148 valence electrons. The number of hydrogen-bond acceptors (Lipinski definition) is 3. The molecular weight excluding hydrogens is 361 g/mol. The van der Waals surface area contributed by atoms with E-state index in [0.29, 0.717) is 37.0 Å². The molecule has 1 aliphatic rings. The molecule has 0 bridgehead atoms. The number of rotatable bonds is 6. The highest BCUT2D eigenvalue weighted by Gasteiger charge is 2.23. The van der Waals surface area contributed by atoms with Crippen LogP contribution in [0, 0.1) is 11.7 Å². The third kappa shape index (κ3) is 5.97. The minimum Gasteiger partial charge on any atom is -0.484 e. The van der Waals surface area contributed by atoms with Crippen LogP contribution in [-0.4, -0.2) is 43.1 Å². The van der Waals surface area contributed by atoms with Gasteiger partial charge >= 0.3 is 6.03 Å². The van der Waals surface area contributed by atoms with Gasteiger partial charge in [-0.2, -0.15) is 0 Å². The number of para-hydroxylation sites is 1. The molecule has 2 N–H and O–H groups in total. The number of carbonyl (C=O) groups is 2. The largest absolute Gasteiger partial charge is 0.484 e. The summed E-state index contributed by atoms with van der Waals surface area (Å²) in [5.74, 6) is 0.630. The van der Waals surface area contributed by atoms with E-state index in [2.05, 4.69) is 10.6 Å². The van der Waals surface area contributed by atoms with Crippen molar-refractivity contribution < 1.29 is 18.7 Å². The number of likely N-dealkylation sites (tertiary alicyclic amines) is 1. The maximum Gasteiger partial charge on any atom is 0.319 e. The van der Waals surface area contributed by atoms with Crippen molar-refractivity contribution in [3.05, 3.63) is 60.4 Å². The van der Waals surface area contributed by atoms with Crippen LogP contribution in [0.25, 0.3) is 0 Å². The second-order valence-electron chi connectivity index (χ2n) is 6.77. The van der Waals surface area contributed by atoms with Crippen LogP contribution in [0.5, 0.6) is 5.75 Å². The van der Waals surface area contributed by atoms with Gasteiger partial charge in [0.05, 0.1) is 0 Å². The zero-order valence-electron chi connectivity index (χ0n) is 15.6. The number of amides is 3. The Morgan fingerprint density at radius 1 is 1.04 bits per heavy atom. The van der Waals surface area contributed by atoms with Crippen molar-refractivity contribution in [2.45, 2.75) is 12.8 Å². The Balaban J connectivity index is 1.34. The topological polar surface area (TPSA) is 70.7 Å². The molecule has 2 aromatic rings. The predicted molar refractivity (Wildman–Crippen MR) is 105 cm³/mol. The molecule has 0 aliphatic carbocycles. The fraction of sp³-hybridized carbons (Fsp3) is 0.333. The number of carbonyl (C=O) groups excluding carboxylic acids is 2. The zero-order valence-corrected chi connectivity index (χ0v) is 15.6. The normalized spacial score (nSPS) is 14.4. The van der Waals surface area contributed by atoms with Crippen LogP contribution in [0.15, 0.2) is 54.6 Å². The lowest BCUT2D eigenvalue weighted by atomic mass is 9.97. The zero-order chi connectivity index (χ0) is 19.8. The van der Waals surface area contributed by atoms with Gasteiger partial charge in [-0.25, -0.2) is 9.18 Å². The highest BCUT2D eigenvalue weighted by Crippen LogP contribution is 2.17. The molecule has 0 saturated carbocycles. The van der Waals surface area contributed by atoms with Gasteiger partial charge in [0.15, 0.2) is 6.61 Å². The summed E-state index contributed by atoms with van der Waals surface area (Å²) in [5, 5.41) is 5.50. The molecule has 0 radical (unpaired) electrons. The SMILES string of the molecule is O=C(NCC1CCN(C(=O)COc2ccccc2)CC1)Nc1ccc(F)cc1. The summed E-state index contributed by atoms with van der Waals surface area (Å²) < 4.78 is 18.4. The number of benzene rings is 2. The molecule has 7 heteroatoms. The summed E-state index contributed by atoms with van der Waals surface area (Å²) in [6, 6.07) is 14.6. The summed E-state index contributed by atoms with van der Waals surface area (Å²) >= 11 is 0. The maximum absolute atomic E-state index is 12.9. The maximum atomic E-state index is 12.9. The minimum absolute atomic E-state index is 0.0238. The van der Waals surface area contributed by atoms with Crippen molar-refractivity contribution in [3.63, 3.8) is 0 Å². The Bertz CT molecular complexity index is 775. The lowest BCUT2D eigenvalue weighted by Gasteiger charge is -2.32. The highest BCUT2D eigenvalue weighted by molar-refractivity contribution is 5.89. The number of nitrogens with zero attached hydrogens (tertiary/aromatic N) is 1. The molecule has 0 spiro atoms. The van der Waals surface area contributed by atoms with Gasteiger partial charge in [-0.3, -0.25) is 4.79 Å². The summed E-state index contributed by atoms with van der Waals surface area (Å²) in [6.45, 7) is 1.88. The van der Waals surface area contributed by atoms with Crippen molar-refractivity contribution in [1.29, 1.82) is 0 Å². The van der Waals surface area contributed by atoms with Crippen LogP contribution >= 0.6 is 0 Å². The first-order chi connectivity index (χ1) is 13.6. The van der Waals surface area contributed by atoms with Crippen LogP contribution < -0.4 is 15.4 Å². The third-order valence-electron chi connectivity index (χ3n) is 4.73. The van der Waals surface area contributed by atoms with Gasteiger partial charge in [-0.15, -0.1) is 0 Å². The molecule has 3 amide bonds. The summed E-state index contributed by atoms with van der Waals surface area (Å²) in [7, 11) is 0. The average molecular weight is 385 g/mol. The van der Waals surface area contributed by atoms with Crippen LogP contribution in [0.3, 0.4) is 0 Å². The van der Waals surface area contributed by atoms with Crippen LogP contribution in [0.4, 0.5) is 14.9 Å². The standard InChI is InChI=1S/C21H24FN3O3/c22-17-6-8-18(9-7-17)24-21(27)23-14-16-10-12-25(13-11-16)20(26)15-28-19-4-2-1-3-5-19/h1-9,16H,10-15H2,(H2,23,24,27). The molecule has 1 aliphatic heterocycles. The number of hydrogen-bond donors (Lipinski definition) is 2. The summed E-state index contributed by atoms with van der Waals surface area (Å²) in [4.78, 5) is 26.0. The molecule has 28 heavy (non-hydrogen) atoms. The number of nitrogens with one attached hydrogen (secondary N) is 2. The Morgan fingerprint density at radius 3 is 2.39 bits per heavy atom. The van der Waals surface area contributed by atoms with Gasteiger partial charge in [0, 0.05) is 25.3 Å². The van der Waals surface area contributed by atoms with E-state index in [1.165, 1.54) is 24.3 Å². The summed E-state index contributed by atoms with van der Waals surface area (Å²) in [6.07, 6.45) is 1.65. The van der Waals surface area contributed by atoms with E-state index in [9.17, 15) is 14.0 Å². The molecule has 0 unspecified atom stereocenters. The highest BCUT2D eigenvalue weighted by atomic mass is 19.1. The molecule has 1 heterocycles. The number of urea groups is 1. The Hall–Kier alpha value is -3.09. The molecule has 2 aromatic carbocycles. The van der Waals surface area contributed by atoms with E-state index in [1.807, 2.05) is 30.3 Å². The monoisotopic (exact) mass is 385 g/mol. The van der Waals surface area contributed by atoms with Gasteiger partial charge in [-0.05, 0) is 55.2 Å². The molecular formula is C21H24FN3O3. The van der Waals surface area contributed by atoms with Crippen LogP contribution in [-0.2, 0) is 4.79 Å². The minimum atomic E-state index is -0.346. The van der Waals surface area contributed by atoms with E-state index in [0.717, 1.165) is 12.8 Å². The van der Waals surface area contributed by atoms with E-state index in [1.54, 1.807) is 4.90 Å². The molecule has 0 atom stereocenters. The van der Waals surface area contributed by atoms with Crippen molar-refractivity contribution in [1.82, 2.24) is 10.2 Å². The number of anilines is 1. The second kappa shape index (κ2) is 9.73. The lowest BCUT2D eigenvalue weighted by Crippen LogP contribution is -2.43. The Morgan fingerprint density at radius 2 is 1.71 bits per heavy atom.